The van der Waals surface area contributed by atoms with Crippen LogP contribution in [0.5, 0.6) is 0 Å². The molecule has 158 valence electrons. The number of aliphatic hydroxyl groups is 3. The summed E-state index contributed by atoms with van der Waals surface area (Å²) in [6, 6.07) is 0. The average molecular weight is 393 g/mol. The van der Waals surface area contributed by atoms with Gasteiger partial charge in [-0.15, -0.1) is 0 Å². The zero-order valence-corrected chi connectivity index (χ0v) is 16.8. The molecule has 3 fully saturated rings. The smallest absolute Gasteiger partial charge is 0.303 e. The standard InChI is InChI=1S/C23H36O5/c24-18(15-23(28)10-4-1-5-11-23)8-9-19-20-13-16(6-2-3-7-22(26)27)12-17(20)14-21(19)25/h6,8-9,17-21,24-25,28H,1-5,7,10-15H2,(H,26,27)/b9-8?,16-6+/t17-,18?,19-,20+,21-/m0/s1. The van der Waals surface area contributed by atoms with Crippen LogP contribution >= 0.6 is 0 Å². The van der Waals surface area contributed by atoms with Gasteiger partial charge in [0.2, 0.25) is 0 Å². The highest BCUT2D eigenvalue weighted by Gasteiger charge is 2.45. The number of aliphatic carboxylic acids is 1. The van der Waals surface area contributed by atoms with E-state index in [2.05, 4.69) is 6.08 Å². The number of carboxylic acids is 1. The van der Waals surface area contributed by atoms with Gasteiger partial charge in [0.25, 0.3) is 0 Å². The maximum atomic E-state index is 10.6. The fourth-order valence-corrected chi connectivity index (χ4v) is 5.63. The van der Waals surface area contributed by atoms with Crippen molar-refractivity contribution in [2.75, 3.05) is 0 Å². The fraction of sp³-hybridized carbons (Fsp3) is 0.783. The third kappa shape index (κ3) is 5.68. The van der Waals surface area contributed by atoms with Crippen molar-refractivity contribution in [1.82, 2.24) is 0 Å². The van der Waals surface area contributed by atoms with Gasteiger partial charge in [0.15, 0.2) is 0 Å². The quantitative estimate of drug-likeness (QED) is 0.374. The van der Waals surface area contributed by atoms with Gasteiger partial charge >= 0.3 is 5.97 Å². The van der Waals surface area contributed by atoms with E-state index in [0.717, 1.165) is 57.8 Å². The summed E-state index contributed by atoms with van der Waals surface area (Å²) in [5.74, 6) is 0.203. The second-order valence-corrected chi connectivity index (χ2v) is 9.30. The lowest BCUT2D eigenvalue weighted by Crippen LogP contribution is -2.35. The number of rotatable bonds is 8. The van der Waals surface area contributed by atoms with E-state index in [-0.39, 0.29) is 18.4 Å². The van der Waals surface area contributed by atoms with E-state index in [1.807, 2.05) is 6.08 Å². The summed E-state index contributed by atoms with van der Waals surface area (Å²) >= 11 is 0. The Hall–Kier alpha value is -1.17. The molecule has 5 heteroatoms. The molecule has 5 atom stereocenters. The van der Waals surface area contributed by atoms with Gasteiger partial charge in [-0.25, -0.2) is 0 Å². The van der Waals surface area contributed by atoms with Crippen LogP contribution in [0.2, 0.25) is 0 Å². The number of hydrogen-bond acceptors (Lipinski definition) is 4. The van der Waals surface area contributed by atoms with E-state index in [9.17, 15) is 20.1 Å². The molecule has 5 nitrogen and oxygen atoms in total. The molecule has 1 unspecified atom stereocenters. The van der Waals surface area contributed by atoms with Gasteiger partial charge in [-0.2, -0.15) is 0 Å². The molecule has 0 aromatic carbocycles. The summed E-state index contributed by atoms with van der Waals surface area (Å²) < 4.78 is 0. The van der Waals surface area contributed by atoms with Crippen molar-refractivity contribution < 1.29 is 25.2 Å². The number of carboxylic acid groups (broad SMARTS) is 1. The molecule has 4 N–H and O–H groups in total. The lowest BCUT2D eigenvalue weighted by molar-refractivity contribution is -0.137. The molecule has 3 aliphatic rings. The van der Waals surface area contributed by atoms with Gasteiger partial charge in [0, 0.05) is 18.8 Å². The van der Waals surface area contributed by atoms with Gasteiger partial charge in [-0.05, 0) is 56.8 Å². The summed E-state index contributed by atoms with van der Waals surface area (Å²) in [5.41, 5.74) is 0.653. The molecule has 0 amide bonds. The Bertz CT molecular complexity index is 590. The maximum Gasteiger partial charge on any atom is 0.303 e. The van der Waals surface area contributed by atoms with Gasteiger partial charge in [0.1, 0.15) is 0 Å². The number of fused-ring (bicyclic) bond motifs is 1. The van der Waals surface area contributed by atoms with Crippen LogP contribution in [0.4, 0.5) is 0 Å². The Morgan fingerprint density at radius 2 is 1.96 bits per heavy atom. The van der Waals surface area contributed by atoms with Crippen molar-refractivity contribution in [3.8, 4) is 0 Å². The van der Waals surface area contributed by atoms with Crippen LogP contribution in [0.3, 0.4) is 0 Å². The molecule has 0 aromatic rings. The highest BCUT2D eigenvalue weighted by atomic mass is 16.4. The van der Waals surface area contributed by atoms with Crippen LogP contribution < -0.4 is 0 Å². The van der Waals surface area contributed by atoms with E-state index in [1.54, 1.807) is 6.08 Å². The van der Waals surface area contributed by atoms with Crippen LogP contribution in [0.15, 0.2) is 23.8 Å². The largest absolute Gasteiger partial charge is 0.481 e. The molecule has 3 saturated carbocycles. The molecule has 0 saturated heterocycles. The van der Waals surface area contributed by atoms with Crippen LogP contribution in [0.25, 0.3) is 0 Å². The first-order chi connectivity index (χ1) is 13.4. The highest BCUT2D eigenvalue weighted by Crippen LogP contribution is 2.50. The zero-order valence-electron chi connectivity index (χ0n) is 16.8. The average Bonchev–Trinajstić information content (AvgIpc) is 3.13. The normalized spacial score (nSPS) is 34.8. The molecule has 0 aliphatic heterocycles. The molecular formula is C23H36O5. The Morgan fingerprint density at radius 1 is 1.21 bits per heavy atom. The lowest BCUT2D eigenvalue weighted by atomic mass is 9.80. The van der Waals surface area contributed by atoms with Crippen LogP contribution in [-0.2, 0) is 4.79 Å². The number of carbonyl (C=O) groups is 1. The van der Waals surface area contributed by atoms with Crippen molar-refractivity contribution in [2.45, 2.75) is 94.9 Å². The van der Waals surface area contributed by atoms with E-state index < -0.39 is 17.7 Å². The molecule has 0 aromatic heterocycles. The minimum Gasteiger partial charge on any atom is -0.481 e. The molecule has 0 spiro atoms. The molecule has 3 rings (SSSR count). The van der Waals surface area contributed by atoms with E-state index >= 15 is 0 Å². The van der Waals surface area contributed by atoms with Crippen LogP contribution in [0.1, 0.15) is 77.0 Å². The number of hydrogen-bond donors (Lipinski definition) is 4. The third-order valence-electron chi connectivity index (χ3n) is 7.07. The molecule has 28 heavy (non-hydrogen) atoms. The van der Waals surface area contributed by atoms with Crippen LogP contribution in [0, 0.1) is 17.8 Å². The molecular weight excluding hydrogens is 356 g/mol. The van der Waals surface area contributed by atoms with E-state index in [1.165, 1.54) is 5.57 Å². The fourth-order valence-electron chi connectivity index (χ4n) is 5.63. The molecule has 0 radical (unpaired) electrons. The lowest BCUT2D eigenvalue weighted by Gasteiger charge is -2.33. The number of allylic oxidation sites excluding steroid dienone is 2. The molecule has 0 bridgehead atoms. The molecule has 0 heterocycles. The van der Waals surface area contributed by atoms with Crippen molar-refractivity contribution in [1.29, 1.82) is 0 Å². The summed E-state index contributed by atoms with van der Waals surface area (Å²) in [6.45, 7) is 0. The van der Waals surface area contributed by atoms with E-state index in [0.29, 0.717) is 24.7 Å². The van der Waals surface area contributed by atoms with Crippen molar-refractivity contribution >= 4 is 5.97 Å². The molecule has 3 aliphatic carbocycles. The third-order valence-corrected chi connectivity index (χ3v) is 7.07. The predicted octanol–water partition coefficient (Wildman–Crippen LogP) is 3.58. The summed E-state index contributed by atoms with van der Waals surface area (Å²) in [5, 5.41) is 40.2. The predicted molar refractivity (Wildman–Crippen MR) is 108 cm³/mol. The summed E-state index contributed by atoms with van der Waals surface area (Å²) in [7, 11) is 0. The SMILES string of the molecule is O=C(O)CCC/C=C1\C[C@H]2C[C@H](O)[C@@H](C=CC(O)CC3(O)CCCCC3)[C@@H]2C1. The zero-order chi connectivity index (χ0) is 20.1. The first kappa shape index (κ1) is 21.5. The number of unbranched alkanes of at least 4 members (excludes halogenated alkanes) is 1. The Labute approximate surface area is 168 Å². The van der Waals surface area contributed by atoms with Crippen molar-refractivity contribution in [3.63, 3.8) is 0 Å². The van der Waals surface area contributed by atoms with Gasteiger partial charge in [-0.3, -0.25) is 4.79 Å². The maximum absolute atomic E-state index is 10.6. The van der Waals surface area contributed by atoms with Crippen LogP contribution in [-0.4, -0.2) is 44.2 Å². The van der Waals surface area contributed by atoms with Crippen molar-refractivity contribution in [2.24, 2.45) is 17.8 Å². The first-order valence-corrected chi connectivity index (χ1v) is 11.0. The van der Waals surface area contributed by atoms with E-state index in [4.69, 9.17) is 5.11 Å². The second-order valence-electron chi connectivity index (χ2n) is 9.30. The van der Waals surface area contributed by atoms with Crippen molar-refractivity contribution in [3.05, 3.63) is 23.8 Å². The Kier molecular flexibility index (Phi) is 7.35. The minimum absolute atomic E-state index is 0.0607. The Morgan fingerprint density at radius 3 is 2.68 bits per heavy atom. The summed E-state index contributed by atoms with van der Waals surface area (Å²) in [6.07, 6.45) is 14.5. The first-order valence-electron chi connectivity index (χ1n) is 11.0. The monoisotopic (exact) mass is 392 g/mol. The second kappa shape index (κ2) is 9.55. The topological polar surface area (TPSA) is 98.0 Å². The Balaban J connectivity index is 1.51. The summed E-state index contributed by atoms with van der Waals surface area (Å²) in [4.78, 5) is 10.6. The van der Waals surface area contributed by atoms with Gasteiger partial charge < -0.3 is 20.4 Å². The minimum atomic E-state index is -0.744. The van der Waals surface area contributed by atoms with Gasteiger partial charge in [-0.1, -0.05) is 43.1 Å². The van der Waals surface area contributed by atoms with Gasteiger partial charge in [0.05, 0.1) is 17.8 Å². The number of aliphatic hydroxyl groups excluding tert-OH is 2. The highest BCUT2D eigenvalue weighted by molar-refractivity contribution is 5.66.